The van der Waals surface area contributed by atoms with E-state index in [1.165, 1.54) is 23.8 Å². The maximum Gasteiger partial charge on any atom is 0.201 e. The van der Waals surface area contributed by atoms with E-state index < -0.39 is 17.5 Å². The lowest BCUT2D eigenvalue weighted by Gasteiger charge is -2.11. The zero-order valence-electron chi connectivity index (χ0n) is 16.8. The SMILES string of the molecule is CCCCOc1ccc(-c2ccc(-c3ccc(CCC)cc3)c(F)c2)c(F)c1F. The van der Waals surface area contributed by atoms with Crippen LogP contribution in [0.25, 0.3) is 22.3 Å². The standard InChI is InChI=1S/C25H25F3O/c1-3-5-15-29-23-14-13-21(24(27)25(23)28)19-11-12-20(22(26)16-19)18-9-7-17(6-4-2)8-10-18/h7-14,16H,3-6,15H2,1-2H3. The van der Waals surface area contributed by atoms with Gasteiger partial charge in [-0.1, -0.05) is 63.1 Å². The molecule has 0 heterocycles. The van der Waals surface area contributed by atoms with Crippen molar-refractivity contribution in [1.82, 2.24) is 0 Å². The van der Waals surface area contributed by atoms with Crippen LogP contribution in [0.15, 0.2) is 54.6 Å². The monoisotopic (exact) mass is 398 g/mol. The second-order valence-corrected chi connectivity index (χ2v) is 7.08. The van der Waals surface area contributed by atoms with Crippen LogP contribution >= 0.6 is 0 Å². The summed E-state index contributed by atoms with van der Waals surface area (Å²) in [4.78, 5) is 0. The van der Waals surface area contributed by atoms with Crippen molar-refractivity contribution < 1.29 is 17.9 Å². The van der Waals surface area contributed by atoms with Crippen LogP contribution in [-0.4, -0.2) is 6.61 Å². The largest absolute Gasteiger partial charge is 0.490 e. The lowest BCUT2D eigenvalue weighted by molar-refractivity contribution is 0.289. The van der Waals surface area contributed by atoms with E-state index in [2.05, 4.69) is 6.92 Å². The molecular weight excluding hydrogens is 373 g/mol. The molecule has 0 amide bonds. The van der Waals surface area contributed by atoms with Crippen LogP contribution in [0.4, 0.5) is 13.2 Å². The first-order valence-electron chi connectivity index (χ1n) is 10.0. The normalized spacial score (nSPS) is 10.9. The highest BCUT2D eigenvalue weighted by Gasteiger charge is 2.17. The second-order valence-electron chi connectivity index (χ2n) is 7.08. The molecule has 1 nitrogen and oxygen atoms in total. The molecule has 0 aliphatic heterocycles. The van der Waals surface area contributed by atoms with Gasteiger partial charge < -0.3 is 4.74 Å². The molecule has 0 unspecified atom stereocenters. The summed E-state index contributed by atoms with van der Waals surface area (Å²) in [6, 6.07) is 15.0. The Balaban J connectivity index is 1.87. The van der Waals surface area contributed by atoms with Gasteiger partial charge >= 0.3 is 0 Å². The maximum atomic E-state index is 14.7. The maximum absolute atomic E-state index is 14.7. The van der Waals surface area contributed by atoms with E-state index in [1.807, 2.05) is 31.2 Å². The average molecular weight is 398 g/mol. The third-order valence-electron chi connectivity index (χ3n) is 4.89. The summed E-state index contributed by atoms with van der Waals surface area (Å²) in [6.45, 7) is 4.42. The quantitative estimate of drug-likeness (QED) is 0.356. The molecule has 3 aromatic rings. The summed E-state index contributed by atoms with van der Waals surface area (Å²) in [7, 11) is 0. The Morgan fingerprint density at radius 3 is 2.07 bits per heavy atom. The number of rotatable bonds is 8. The molecular formula is C25H25F3O. The molecule has 0 bridgehead atoms. The van der Waals surface area contributed by atoms with E-state index in [1.54, 1.807) is 12.1 Å². The predicted octanol–water partition coefficient (Wildman–Crippen LogP) is 7.57. The van der Waals surface area contributed by atoms with Crippen molar-refractivity contribution in [2.45, 2.75) is 39.5 Å². The van der Waals surface area contributed by atoms with Crippen LogP contribution in [0.3, 0.4) is 0 Å². The molecule has 0 radical (unpaired) electrons. The number of hydrogen-bond donors (Lipinski definition) is 0. The first-order chi connectivity index (χ1) is 14.0. The van der Waals surface area contributed by atoms with E-state index in [-0.39, 0.29) is 16.9 Å². The van der Waals surface area contributed by atoms with Crippen LogP contribution in [-0.2, 0) is 6.42 Å². The van der Waals surface area contributed by atoms with Gasteiger partial charge in [-0.25, -0.2) is 8.78 Å². The summed E-state index contributed by atoms with van der Waals surface area (Å²) in [5, 5.41) is 0. The summed E-state index contributed by atoms with van der Waals surface area (Å²) in [6.07, 6.45) is 3.68. The third-order valence-corrected chi connectivity index (χ3v) is 4.89. The van der Waals surface area contributed by atoms with Gasteiger partial charge in [-0.2, -0.15) is 4.39 Å². The second kappa shape index (κ2) is 9.64. The van der Waals surface area contributed by atoms with Crippen molar-refractivity contribution in [1.29, 1.82) is 0 Å². The minimum Gasteiger partial charge on any atom is -0.490 e. The summed E-state index contributed by atoms with van der Waals surface area (Å²) >= 11 is 0. The molecule has 3 aromatic carbocycles. The fourth-order valence-electron chi connectivity index (χ4n) is 3.25. The number of benzene rings is 3. The highest BCUT2D eigenvalue weighted by Crippen LogP contribution is 2.33. The molecule has 0 spiro atoms. The molecule has 0 aromatic heterocycles. The number of unbranched alkanes of at least 4 members (excludes halogenated alkanes) is 1. The molecule has 3 rings (SSSR count). The lowest BCUT2D eigenvalue weighted by atomic mass is 9.98. The molecule has 0 saturated heterocycles. The van der Waals surface area contributed by atoms with Crippen LogP contribution in [0.1, 0.15) is 38.7 Å². The first-order valence-corrected chi connectivity index (χ1v) is 10.0. The lowest BCUT2D eigenvalue weighted by Crippen LogP contribution is -2.01. The Hall–Kier alpha value is -2.75. The number of halogens is 3. The molecule has 0 saturated carbocycles. The molecule has 0 aliphatic carbocycles. The Bertz CT molecular complexity index is 965. The topological polar surface area (TPSA) is 9.23 Å². The van der Waals surface area contributed by atoms with Gasteiger partial charge in [0.25, 0.3) is 0 Å². The Morgan fingerprint density at radius 1 is 0.724 bits per heavy atom. The van der Waals surface area contributed by atoms with Gasteiger partial charge in [-0.05, 0) is 47.7 Å². The highest BCUT2D eigenvalue weighted by atomic mass is 19.2. The number of aryl methyl sites for hydroxylation is 1. The average Bonchev–Trinajstić information content (AvgIpc) is 2.72. The van der Waals surface area contributed by atoms with Gasteiger partial charge in [0.2, 0.25) is 5.82 Å². The Kier molecular flexibility index (Phi) is 6.97. The van der Waals surface area contributed by atoms with Crippen LogP contribution in [0.5, 0.6) is 5.75 Å². The molecule has 29 heavy (non-hydrogen) atoms. The molecule has 0 N–H and O–H groups in total. The van der Waals surface area contributed by atoms with Crippen molar-refractivity contribution in [3.8, 4) is 28.0 Å². The first kappa shape index (κ1) is 21.0. The predicted molar refractivity (Wildman–Crippen MR) is 112 cm³/mol. The van der Waals surface area contributed by atoms with Gasteiger partial charge in [0.1, 0.15) is 5.82 Å². The zero-order chi connectivity index (χ0) is 20.8. The van der Waals surface area contributed by atoms with E-state index in [4.69, 9.17) is 4.74 Å². The van der Waals surface area contributed by atoms with Crippen molar-refractivity contribution in [3.05, 3.63) is 77.6 Å². The summed E-state index contributed by atoms with van der Waals surface area (Å²) < 4.78 is 48.9. The molecule has 0 atom stereocenters. The molecule has 152 valence electrons. The molecule has 4 heteroatoms. The third kappa shape index (κ3) is 4.81. The van der Waals surface area contributed by atoms with Gasteiger partial charge in [-0.15, -0.1) is 0 Å². The van der Waals surface area contributed by atoms with Crippen molar-refractivity contribution in [2.75, 3.05) is 6.61 Å². The van der Waals surface area contributed by atoms with E-state index in [9.17, 15) is 13.2 Å². The van der Waals surface area contributed by atoms with Crippen molar-refractivity contribution >= 4 is 0 Å². The summed E-state index contributed by atoms with van der Waals surface area (Å²) in [5.74, 6) is -2.68. The van der Waals surface area contributed by atoms with E-state index in [0.29, 0.717) is 12.2 Å². The van der Waals surface area contributed by atoms with E-state index >= 15 is 0 Å². The van der Waals surface area contributed by atoms with Crippen LogP contribution < -0.4 is 4.74 Å². The summed E-state index contributed by atoms with van der Waals surface area (Å²) in [5.41, 5.74) is 2.67. The van der Waals surface area contributed by atoms with Gasteiger partial charge in [-0.3, -0.25) is 0 Å². The fraction of sp³-hybridized carbons (Fsp3) is 0.280. The van der Waals surface area contributed by atoms with E-state index in [0.717, 1.165) is 31.2 Å². The zero-order valence-corrected chi connectivity index (χ0v) is 16.8. The van der Waals surface area contributed by atoms with Gasteiger partial charge in [0.05, 0.1) is 6.61 Å². The van der Waals surface area contributed by atoms with Gasteiger partial charge in [0.15, 0.2) is 11.6 Å². The van der Waals surface area contributed by atoms with Crippen molar-refractivity contribution in [2.24, 2.45) is 0 Å². The van der Waals surface area contributed by atoms with Gasteiger partial charge in [0, 0.05) is 11.1 Å². The smallest absolute Gasteiger partial charge is 0.201 e. The Morgan fingerprint density at radius 2 is 1.41 bits per heavy atom. The minimum atomic E-state index is -1.05. The number of hydrogen-bond acceptors (Lipinski definition) is 1. The van der Waals surface area contributed by atoms with Crippen molar-refractivity contribution in [3.63, 3.8) is 0 Å². The molecule has 0 fully saturated rings. The molecule has 0 aliphatic rings. The number of ether oxygens (including phenoxy) is 1. The Labute approximate surface area is 170 Å². The van der Waals surface area contributed by atoms with Crippen LogP contribution in [0, 0.1) is 17.5 Å². The fourth-order valence-corrected chi connectivity index (χ4v) is 3.25. The van der Waals surface area contributed by atoms with Crippen LogP contribution in [0.2, 0.25) is 0 Å². The minimum absolute atomic E-state index is 0.00841. The highest BCUT2D eigenvalue weighted by molar-refractivity contribution is 5.72.